The summed E-state index contributed by atoms with van der Waals surface area (Å²) in [5.74, 6) is -10.1. The third-order valence-corrected chi connectivity index (χ3v) is 17.2. The molecule has 2 aliphatic rings. The van der Waals surface area contributed by atoms with Crippen molar-refractivity contribution in [2.75, 3.05) is 45.8 Å². The maximum absolute atomic E-state index is 15.0. The molecule has 0 bridgehead atoms. The van der Waals surface area contributed by atoms with Crippen molar-refractivity contribution in [2.24, 2.45) is 73.1 Å². The number of hydrogen-bond acceptors (Lipinski definition) is 20. The Bertz CT molecular complexity index is 3110. The minimum absolute atomic E-state index is 0.00535. The highest BCUT2D eigenvalue weighted by molar-refractivity contribution is 6.06. The molecule has 38 heteroatoms. The Morgan fingerprint density at radius 1 is 0.594 bits per heavy atom. The lowest BCUT2D eigenvalue weighted by molar-refractivity contribution is -0.144. The Morgan fingerprint density at radius 3 is 1.72 bits per heavy atom. The zero-order valence-electron chi connectivity index (χ0n) is 58.9. The lowest BCUT2D eigenvalue weighted by Crippen LogP contribution is -2.63. The van der Waals surface area contributed by atoms with Gasteiger partial charge < -0.3 is 114 Å². The number of aliphatic imine (C=N–C) groups is 2. The maximum atomic E-state index is 15.0. The standard InChI is InChI=1S/C63H110N26O12/c1-35(2)28-44(53(96)88-63(5,6)58(101)87-45(30-38-32-74-34-80-38)52(95)84-43(48(65)91)29-36-18-24-72-25-19-36)85-49(92)39(13-9-22-77-60(68)69)82-54(97)46-15-11-27-89(46)55(98)42(12-7-8-21-76-59(66)67)83-51(94)41(16-17-47(64)90)81-50(93)40(14-10-23-78-61(70)71)86-57(100)62(3,4)56(99)75-26-20-37-31-73-33-79-37/h31-36,39-46,61,72,78H,7-30,70-71H2,1-6H3,(H2,64,90)(H2,65,91)(H,73,79)(H,74,80)(H,75,99)(H,81,93)(H,82,97)(H,83,94)(H,84,95)(H,85,92)(H,86,100)(H,87,101)(H,88,96)(H4,66,67,76)(H4,68,69,77)/t39-,40-,41+,42+,43+,44+,45+,46+/m1/s1. The molecule has 29 N–H and O–H groups in total. The van der Waals surface area contributed by atoms with Crippen LogP contribution in [0.5, 0.6) is 0 Å². The van der Waals surface area contributed by atoms with Crippen LogP contribution >= 0.6 is 0 Å². The number of carbonyl (C=O) groups is 12. The van der Waals surface area contributed by atoms with Crippen LogP contribution in [0, 0.1) is 17.3 Å². The molecule has 2 saturated heterocycles. The lowest BCUT2D eigenvalue weighted by Gasteiger charge is -2.32. The van der Waals surface area contributed by atoms with Crippen molar-refractivity contribution in [2.45, 2.75) is 211 Å². The van der Waals surface area contributed by atoms with Crippen LogP contribution in [0.2, 0.25) is 0 Å². The van der Waals surface area contributed by atoms with Crippen LogP contribution in [0.25, 0.3) is 0 Å². The molecule has 101 heavy (non-hydrogen) atoms. The molecular formula is C63H110N26O12. The Kier molecular flexibility index (Phi) is 34.8. The topological polar surface area (TPSA) is 631 Å². The van der Waals surface area contributed by atoms with E-state index < -0.39 is 143 Å². The molecule has 8 atom stereocenters. The number of hydrogen-bond donors (Lipinski definition) is 21. The van der Waals surface area contributed by atoms with Crippen LogP contribution in [0.4, 0.5) is 0 Å². The van der Waals surface area contributed by atoms with Gasteiger partial charge in [-0.25, -0.2) is 9.97 Å². The first kappa shape index (κ1) is 83.9. The molecule has 0 unspecified atom stereocenters. The predicted octanol–water partition coefficient (Wildman–Crippen LogP) is -6.41. The van der Waals surface area contributed by atoms with Gasteiger partial charge in [0.2, 0.25) is 70.9 Å². The average Bonchev–Trinajstić information content (AvgIpc) is 1.82. The van der Waals surface area contributed by atoms with Gasteiger partial charge in [0.05, 0.1) is 12.7 Å². The summed E-state index contributed by atoms with van der Waals surface area (Å²) in [5, 5.41) is 30.4. The van der Waals surface area contributed by atoms with E-state index in [2.05, 4.69) is 88.4 Å². The first-order valence-corrected chi connectivity index (χ1v) is 34.3. The first-order valence-electron chi connectivity index (χ1n) is 34.3. The lowest BCUT2D eigenvalue weighted by atomic mass is 9.90. The third kappa shape index (κ3) is 29.7. The number of primary amides is 2. The molecule has 2 aromatic heterocycles. The summed E-state index contributed by atoms with van der Waals surface area (Å²) in [6, 6.07) is -10.6. The van der Waals surface area contributed by atoms with Crippen molar-refractivity contribution in [1.29, 1.82) is 0 Å². The number of aromatic nitrogens is 4. The molecule has 12 amide bonds. The van der Waals surface area contributed by atoms with E-state index in [9.17, 15) is 52.7 Å². The summed E-state index contributed by atoms with van der Waals surface area (Å²) in [4.78, 5) is 191. The number of nitrogens with one attached hydrogen (secondary N) is 13. The summed E-state index contributed by atoms with van der Waals surface area (Å²) >= 11 is 0. The number of unbranched alkanes of at least 4 members (excludes halogenated alkanes) is 1. The van der Waals surface area contributed by atoms with Crippen molar-refractivity contribution in [3.8, 4) is 0 Å². The summed E-state index contributed by atoms with van der Waals surface area (Å²) in [6.45, 7) is 11.1. The molecule has 0 aliphatic carbocycles. The summed E-state index contributed by atoms with van der Waals surface area (Å²) in [5.41, 5.74) is 42.8. The fraction of sp³-hybridized carbons (Fsp3) is 0.683. The minimum Gasteiger partial charge on any atom is -0.370 e. The van der Waals surface area contributed by atoms with Gasteiger partial charge in [0.25, 0.3) is 0 Å². The van der Waals surface area contributed by atoms with Crippen molar-refractivity contribution in [3.63, 3.8) is 0 Å². The summed E-state index contributed by atoms with van der Waals surface area (Å²) in [6.07, 6.45) is 7.37. The van der Waals surface area contributed by atoms with Gasteiger partial charge in [-0.1, -0.05) is 13.8 Å². The number of rotatable bonds is 45. The summed E-state index contributed by atoms with van der Waals surface area (Å²) < 4.78 is 0. The normalized spacial score (nSPS) is 16.2. The second-order valence-corrected chi connectivity index (χ2v) is 27.0. The second kappa shape index (κ2) is 41.9. The first-order chi connectivity index (χ1) is 47.7. The molecule has 0 aromatic carbocycles. The van der Waals surface area contributed by atoms with Gasteiger partial charge in [-0.05, 0) is 149 Å². The third-order valence-electron chi connectivity index (χ3n) is 17.2. The van der Waals surface area contributed by atoms with Crippen molar-refractivity contribution in [1.82, 2.24) is 83.3 Å². The van der Waals surface area contributed by atoms with Crippen LogP contribution in [0.1, 0.15) is 149 Å². The number of H-pyrrole nitrogens is 2. The van der Waals surface area contributed by atoms with E-state index in [1.807, 2.05) is 0 Å². The molecule has 38 nitrogen and oxygen atoms in total. The number of aromatic amines is 2. The SMILES string of the molecule is CC(C)C[C@H](NC(=O)[C@@H](CCCN=C(N)N)NC(=O)[C@@H]1CCCN1C(=O)[C@H](CCCCN=C(N)N)NC(=O)[C@H](CCC(N)=O)NC(=O)[C@@H](CCCNC(N)N)NC(=O)C(C)(C)C(=O)NCCc1cnc[nH]1)C(=O)NC(C)(C)C(=O)N[C@@H](Cc1cnc[nH]1)C(=O)N[C@@H](CC1CCNCC1)C(N)=O. The number of piperidine rings is 1. The smallest absolute Gasteiger partial charge is 0.245 e. The van der Waals surface area contributed by atoms with E-state index in [4.69, 9.17) is 45.9 Å². The molecule has 0 spiro atoms. The zero-order chi connectivity index (χ0) is 75.0. The molecule has 2 aliphatic heterocycles. The highest BCUT2D eigenvalue weighted by Gasteiger charge is 2.43. The van der Waals surface area contributed by atoms with E-state index in [0.29, 0.717) is 25.0 Å². The van der Waals surface area contributed by atoms with E-state index >= 15 is 4.79 Å². The van der Waals surface area contributed by atoms with Crippen LogP contribution in [-0.4, -0.2) is 214 Å². The number of nitrogens with zero attached hydrogens (tertiary/aromatic N) is 5. The minimum atomic E-state index is -1.75. The van der Waals surface area contributed by atoms with Gasteiger partial charge in [0.15, 0.2) is 11.9 Å². The number of guanidine groups is 2. The number of nitrogens with two attached hydrogens (primary N) is 8. The number of amides is 12. The fourth-order valence-electron chi connectivity index (χ4n) is 11.4. The monoisotopic (exact) mass is 1420 g/mol. The quantitative estimate of drug-likeness (QED) is 0.00964. The van der Waals surface area contributed by atoms with Crippen LogP contribution in [0.15, 0.2) is 35.0 Å². The van der Waals surface area contributed by atoms with Crippen LogP contribution in [0.3, 0.4) is 0 Å². The van der Waals surface area contributed by atoms with Crippen molar-refractivity contribution < 1.29 is 57.5 Å². The maximum Gasteiger partial charge on any atom is 0.245 e. The molecule has 0 radical (unpaired) electrons. The van der Waals surface area contributed by atoms with Gasteiger partial charge in [-0.2, -0.15) is 0 Å². The summed E-state index contributed by atoms with van der Waals surface area (Å²) in [7, 11) is 0. The molecule has 2 aromatic rings. The molecule has 4 rings (SSSR count). The van der Waals surface area contributed by atoms with E-state index in [-0.39, 0.29) is 127 Å². The fourth-order valence-corrected chi connectivity index (χ4v) is 11.4. The predicted molar refractivity (Wildman–Crippen MR) is 373 cm³/mol. The average molecular weight is 1420 g/mol. The van der Waals surface area contributed by atoms with Gasteiger partial charge in [0.1, 0.15) is 65.6 Å². The molecule has 2 fully saturated rings. The molecule has 564 valence electrons. The highest BCUT2D eigenvalue weighted by atomic mass is 16.2. The van der Waals surface area contributed by atoms with Crippen LogP contribution < -0.4 is 104 Å². The number of carbonyl (C=O) groups excluding carboxylic acids is 12. The largest absolute Gasteiger partial charge is 0.370 e. The Morgan fingerprint density at radius 2 is 1.14 bits per heavy atom. The number of imidazole rings is 2. The van der Waals surface area contributed by atoms with E-state index in [1.165, 1.54) is 51.4 Å². The van der Waals surface area contributed by atoms with Crippen molar-refractivity contribution >= 4 is 82.8 Å². The van der Waals surface area contributed by atoms with Gasteiger partial charge in [0, 0.05) is 69.2 Å². The van der Waals surface area contributed by atoms with E-state index in [1.54, 1.807) is 20.0 Å². The van der Waals surface area contributed by atoms with E-state index in [0.717, 1.165) is 31.6 Å². The van der Waals surface area contributed by atoms with Gasteiger partial charge in [-0.3, -0.25) is 72.8 Å². The molecule has 4 heterocycles. The highest BCUT2D eigenvalue weighted by Crippen LogP contribution is 2.23. The zero-order valence-corrected chi connectivity index (χ0v) is 58.9. The molecular weight excluding hydrogens is 1310 g/mol. The molecule has 0 saturated carbocycles. The Labute approximate surface area is 587 Å². The number of likely N-dealkylation sites (tertiary alicyclic amines) is 1. The van der Waals surface area contributed by atoms with Gasteiger partial charge >= 0.3 is 0 Å². The Hall–Kier alpha value is -9.56. The van der Waals surface area contributed by atoms with Crippen LogP contribution in [-0.2, 0) is 70.4 Å². The van der Waals surface area contributed by atoms with Crippen molar-refractivity contribution in [3.05, 3.63) is 36.4 Å². The second-order valence-electron chi connectivity index (χ2n) is 27.0. The van der Waals surface area contributed by atoms with Gasteiger partial charge in [-0.15, -0.1) is 0 Å². The Balaban J connectivity index is 1.58.